The van der Waals surface area contributed by atoms with E-state index >= 15 is 0 Å². The number of Topliss-reactive ketones (excluding diaryl/α,β-unsaturated/α-hetero) is 2. The number of ketones is 2. The van der Waals surface area contributed by atoms with Crippen molar-refractivity contribution in [2.24, 2.45) is 32.9 Å². The van der Waals surface area contributed by atoms with Crippen LogP contribution >= 0.6 is 46.4 Å². The number of nitrogens with two attached hydrogens (primary N) is 4. The number of rotatable bonds is 20. The Morgan fingerprint density at radius 2 is 0.918 bits per heavy atom. The maximum absolute atomic E-state index is 12.5. The van der Waals surface area contributed by atoms with Crippen LogP contribution in [-0.4, -0.2) is 95.8 Å². The zero-order valence-corrected chi connectivity index (χ0v) is 40.2. The first-order valence-corrected chi connectivity index (χ1v) is 23.0. The van der Waals surface area contributed by atoms with Crippen LogP contribution in [-0.2, 0) is 19.2 Å². The zero-order valence-electron chi connectivity index (χ0n) is 37.2. The summed E-state index contributed by atoms with van der Waals surface area (Å²) in [7, 11) is 0. The molecule has 0 radical (unpaired) electrons. The highest BCUT2D eigenvalue weighted by Crippen LogP contribution is 2.36. The van der Waals surface area contributed by atoms with E-state index in [9.17, 15) is 39.0 Å². The maximum Gasteiger partial charge on any atom is 0.326 e. The first-order valence-electron chi connectivity index (χ1n) is 21.5. The number of ether oxygens (including phenoxy) is 2. The number of carboxylic acids is 2. The summed E-state index contributed by atoms with van der Waals surface area (Å²) in [6.07, 6.45) is 0.927. The van der Waals surface area contributed by atoms with Crippen LogP contribution in [0.1, 0.15) is 105 Å². The summed E-state index contributed by atoms with van der Waals surface area (Å²) in [6, 6.07) is 16.7. The minimum Gasteiger partial charge on any atom is -0.493 e. The third-order valence-electron chi connectivity index (χ3n) is 10.7. The molecule has 0 fully saturated rings. The summed E-state index contributed by atoms with van der Waals surface area (Å²) in [5.74, 6) is -3.23. The molecular formula is C49H62Cl4N10O10. The number of benzene rings is 4. The Morgan fingerprint density at radius 3 is 1.23 bits per heavy atom. The highest BCUT2D eigenvalue weighted by atomic mass is 35.5. The number of hydrogen-bond acceptors (Lipinski definition) is 12. The van der Waals surface area contributed by atoms with Crippen LogP contribution in [0.15, 0.2) is 82.8 Å². The van der Waals surface area contributed by atoms with Crippen molar-refractivity contribution in [2.75, 3.05) is 26.3 Å². The lowest BCUT2D eigenvalue weighted by Gasteiger charge is -2.27. The topological polar surface area (TPSA) is 338 Å². The second kappa shape index (κ2) is 29.7. The minimum absolute atomic E-state index is 0. The van der Waals surface area contributed by atoms with Gasteiger partial charge >= 0.3 is 11.9 Å². The van der Waals surface area contributed by atoms with Gasteiger partial charge in [-0.1, -0.05) is 80.8 Å². The molecule has 0 aliphatic carbocycles. The van der Waals surface area contributed by atoms with Gasteiger partial charge in [-0.15, -0.1) is 0 Å². The lowest BCUT2D eigenvalue weighted by molar-refractivity contribution is -0.140. The SMILES string of the molecule is C.C.C.NC(N)=Nc1ccc2c(c1)C(NCC(=O)CCC(NC(=O)c1c(Cl)cccc1Cl)C(=O)O)CCO2.NC(N)=Nc1ccc2c(c1)C(NCC(=O)CC[C@H](NC(=O)c1c(Cl)cccc1Cl)C(=O)O)CCO2. The van der Waals surface area contributed by atoms with E-state index < -0.39 is 35.8 Å². The van der Waals surface area contributed by atoms with E-state index in [1.54, 1.807) is 48.5 Å². The molecule has 2 aliphatic heterocycles. The number of guanidine groups is 2. The third kappa shape index (κ3) is 18.4. The van der Waals surface area contributed by atoms with Crippen LogP contribution in [0.2, 0.25) is 20.1 Å². The number of aliphatic imine (C=N–C) groups is 2. The molecule has 14 N–H and O–H groups in total. The molecule has 2 aliphatic rings. The van der Waals surface area contributed by atoms with Gasteiger partial charge in [0, 0.05) is 48.9 Å². The van der Waals surface area contributed by atoms with E-state index in [-0.39, 0.29) is 128 Å². The number of fused-ring (bicyclic) bond motifs is 2. The van der Waals surface area contributed by atoms with Gasteiger partial charge in [0.2, 0.25) is 0 Å². The largest absolute Gasteiger partial charge is 0.493 e. The number of nitrogens with zero attached hydrogens (tertiary/aromatic N) is 2. The summed E-state index contributed by atoms with van der Waals surface area (Å²) < 4.78 is 11.3. The molecule has 0 aromatic heterocycles. The van der Waals surface area contributed by atoms with Crippen molar-refractivity contribution in [3.8, 4) is 11.5 Å². The minimum atomic E-state index is -1.29. The molecule has 0 bridgehead atoms. The molecular weight excluding hydrogens is 1030 g/mol. The molecule has 6 rings (SSSR count). The van der Waals surface area contributed by atoms with Crippen LogP contribution in [0.3, 0.4) is 0 Å². The zero-order chi connectivity index (χ0) is 51.1. The van der Waals surface area contributed by atoms with E-state index in [1.165, 1.54) is 24.3 Å². The molecule has 20 nitrogen and oxygen atoms in total. The van der Waals surface area contributed by atoms with E-state index in [0.717, 1.165) is 11.1 Å². The van der Waals surface area contributed by atoms with Gasteiger partial charge in [-0.2, -0.15) is 0 Å². The predicted octanol–water partition coefficient (Wildman–Crippen LogP) is 7.00. The molecule has 2 heterocycles. The van der Waals surface area contributed by atoms with Crippen LogP contribution in [0.5, 0.6) is 11.5 Å². The fourth-order valence-corrected chi connectivity index (χ4v) is 8.43. The number of carbonyl (C=O) groups excluding carboxylic acids is 4. The molecule has 4 aromatic carbocycles. The molecule has 24 heteroatoms. The van der Waals surface area contributed by atoms with E-state index in [4.69, 9.17) is 78.8 Å². The average molecular weight is 1090 g/mol. The fraction of sp³-hybridized carbons (Fsp3) is 0.347. The Hall–Kier alpha value is -6.68. The third-order valence-corrected chi connectivity index (χ3v) is 11.9. The van der Waals surface area contributed by atoms with E-state index in [0.29, 0.717) is 48.9 Å². The van der Waals surface area contributed by atoms with Crippen LogP contribution < -0.4 is 53.7 Å². The fourth-order valence-electron chi connectivity index (χ4n) is 7.29. The molecule has 396 valence electrons. The van der Waals surface area contributed by atoms with Gasteiger partial charge in [0.15, 0.2) is 11.9 Å². The number of nitrogens with one attached hydrogen (secondary N) is 4. The Kier molecular flexibility index (Phi) is 25.4. The number of hydrogen-bond donors (Lipinski definition) is 10. The van der Waals surface area contributed by atoms with E-state index in [1.807, 2.05) is 0 Å². The van der Waals surface area contributed by atoms with Crippen LogP contribution in [0, 0.1) is 0 Å². The Labute approximate surface area is 443 Å². The van der Waals surface area contributed by atoms with Gasteiger partial charge in [0.25, 0.3) is 11.8 Å². The lowest BCUT2D eigenvalue weighted by atomic mass is 9.99. The average Bonchev–Trinajstić information content (AvgIpc) is 3.29. The second-order valence-electron chi connectivity index (χ2n) is 15.7. The molecule has 4 atom stereocenters. The van der Waals surface area contributed by atoms with Gasteiger partial charge in [0.1, 0.15) is 35.1 Å². The van der Waals surface area contributed by atoms with Crippen molar-refractivity contribution in [1.29, 1.82) is 0 Å². The summed E-state index contributed by atoms with van der Waals surface area (Å²) >= 11 is 24.1. The summed E-state index contributed by atoms with van der Waals surface area (Å²) in [4.78, 5) is 81.4. The van der Waals surface area contributed by atoms with Gasteiger partial charge in [-0.05, 0) is 73.5 Å². The maximum atomic E-state index is 12.5. The molecule has 0 saturated heterocycles. The van der Waals surface area contributed by atoms with Gasteiger partial charge in [-0.3, -0.25) is 19.2 Å². The Morgan fingerprint density at radius 1 is 0.575 bits per heavy atom. The molecule has 4 aromatic rings. The monoisotopic (exact) mass is 1090 g/mol. The van der Waals surface area contributed by atoms with Crippen molar-refractivity contribution in [2.45, 2.75) is 85.0 Å². The summed E-state index contributed by atoms with van der Waals surface area (Å²) in [5.41, 5.74) is 24.5. The van der Waals surface area contributed by atoms with E-state index in [2.05, 4.69) is 31.3 Å². The Bertz CT molecular complexity index is 2450. The molecule has 2 amide bonds. The molecule has 3 unspecified atom stereocenters. The number of aliphatic carboxylic acids is 2. The number of amides is 2. The van der Waals surface area contributed by atoms with Crippen molar-refractivity contribution in [3.05, 3.63) is 115 Å². The number of carbonyl (C=O) groups is 6. The van der Waals surface area contributed by atoms with Crippen molar-refractivity contribution >= 4 is 105 Å². The van der Waals surface area contributed by atoms with Crippen molar-refractivity contribution in [1.82, 2.24) is 21.3 Å². The van der Waals surface area contributed by atoms with Gasteiger partial charge < -0.3 is 63.9 Å². The first kappa shape index (κ1) is 62.4. The van der Waals surface area contributed by atoms with Crippen molar-refractivity contribution in [3.63, 3.8) is 0 Å². The standard InChI is InChI=1S/2C23H25Cl2N5O5.3CH4/c2*24-15-2-1-3-16(25)20(15)21(32)30-18(22(33)34)6-5-13(31)11-28-17-8-9-35-19-7-4-12(10-14(17)19)29-23(26)27;;;/h2*1-4,7,10,17-18,28H,5-6,8-9,11H2,(H,30,32)(H,33,34)(H4,26,27,29);3*1H4/t17?,18-;;;;/m0..../s1. The highest BCUT2D eigenvalue weighted by molar-refractivity contribution is 6.40. The normalized spacial score (nSPS) is 14.7. The lowest BCUT2D eigenvalue weighted by Crippen LogP contribution is -2.41. The van der Waals surface area contributed by atoms with Gasteiger partial charge in [0.05, 0.1) is 68.9 Å². The summed E-state index contributed by atoms with van der Waals surface area (Å²) in [5, 5.41) is 30.5. The molecule has 0 spiro atoms. The number of halogens is 4. The van der Waals surface area contributed by atoms with Crippen LogP contribution in [0.25, 0.3) is 0 Å². The van der Waals surface area contributed by atoms with Crippen molar-refractivity contribution < 1.29 is 48.5 Å². The molecule has 73 heavy (non-hydrogen) atoms. The smallest absolute Gasteiger partial charge is 0.326 e. The predicted molar refractivity (Wildman–Crippen MR) is 285 cm³/mol. The highest BCUT2D eigenvalue weighted by Gasteiger charge is 2.28. The van der Waals surface area contributed by atoms with Crippen LogP contribution in [0.4, 0.5) is 11.4 Å². The molecule has 0 saturated carbocycles. The Balaban J connectivity index is 0.000000480. The second-order valence-corrected chi connectivity index (χ2v) is 17.4. The van der Waals surface area contributed by atoms with Gasteiger partial charge in [-0.25, -0.2) is 19.6 Å². The quantitative estimate of drug-likeness (QED) is 0.0315. The summed E-state index contributed by atoms with van der Waals surface area (Å²) in [6.45, 7) is 0.955. The first-order chi connectivity index (χ1) is 33.3. The number of carboxylic acid groups (broad SMARTS) is 2.